The van der Waals surface area contributed by atoms with E-state index in [-0.39, 0.29) is 11.1 Å². The van der Waals surface area contributed by atoms with Gasteiger partial charge in [0.05, 0.1) is 11.1 Å². The first-order chi connectivity index (χ1) is 8.76. The number of nitrogens with zero attached hydrogens (tertiary/aromatic N) is 1. The average molecular weight is 264 g/mol. The number of fused-ring (bicyclic) bond motifs is 1. The Morgan fingerprint density at radius 3 is 1.89 bits per heavy atom. The molecule has 0 unspecified atom stereocenters. The van der Waals surface area contributed by atoms with E-state index >= 15 is 0 Å². The highest BCUT2D eigenvalue weighted by atomic mass is 16.3. The lowest BCUT2D eigenvalue weighted by Crippen LogP contribution is -2.53. The molecule has 0 radical (unpaired) electrons. The standard InChI is InChI=1S/C13H16N2O4/c1-4-13(2,3)14-15-11(18)7-5-9(16)10(17)6-8(7)12(15)19/h5-6,14,16-17H,4H2,1-3H3. The third-order valence-electron chi connectivity index (χ3n) is 3.28. The molecule has 0 aromatic heterocycles. The Kier molecular flexibility index (Phi) is 2.98. The number of hydrogen-bond acceptors (Lipinski definition) is 5. The predicted octanol–water partition coefficient (Wildman–Crippen LogP) is 1.39. The van der Waals surface area contributed by atoms with Gasteiger partial charge in [-0.2, -0.15) is 0 Å². The van der Waals surface area contributed by atoms with E-state index in [1.54, 1.807) is 0 Å². The molecule has 3 N–H and O–H groups in total. The van der Waals surface area contributed by atoms with Crippen LogP contribution >= 0.6 is 0 Å². The maximum atomic E-state index is 12.1. The number of benzene rings is 1. The SMILES string of the molecule is CCC(C)(C)NN1C(=O)c2cc(O)c(O)cc2C1=O. The molecule has 0 bridgehead atoms. The number of nitrogens with one attached hydrogen (secondary N) is 1. The molecule has 0 saturated heterocycles. The van der Waals surface area contributed by atoms with Crippen molar-refractivity contribution in [2.45, 2.75) is 32.7 Å². The number of phenols is 2. The minimum atomic E-state index is -0.531. The molecule has 1 aliphatic heterocycles. The number of aromatic hydroxyl groups is 2. The summed E-state index contributed by atoms with van der Waals surface area (Å²) in [5, 5.41) is 19.7. The molecular weight excluding hydrogens is 248 g/mol. The molecule has 102 valence electrons. The number of phenolic OH excluding ortho intramolecular Hbond substituents is 2. The predicted molar refractivity (Wildman–Crippen MR) is 67.8 cm³/mol. The van der Waals surface area contributed by atoms with E-state index in [1.165, 1.54) is 0 Å². The Labute approximate surface area is 110 Å². The second-order valence-electron chi connectivity index (χ2n) is 5.18. The lowest BCUT2D eigenvalue weighted by atomic mass is 10.0. The van der Waals surface area contributed by atoms with Crippen molar-refractivity contribution in [3.8, 4) is 11.5 Å². The van der Waals surface area contributed by atoms with Gasteiger partial charge in [0.2, 0.25) is 0 Å². The van der Waals surface area contributed by atoms with E-state index in [9.17, 15) is 19.8 Å². The summed E-state index contributed by atoms with van der Waals surface area (Å²) < 4.78 is 0. The molecule has 0 atom stereocenters. The number of hydrazine groups is 1. The lowest BCUT2D eigenvalue weighted by Gasteiger charge is -2.29. The van der Waals surface area contributed by atoms with Crippen molar-refractivity contribution in [3.05, 3.63) is 23.3 Å². The summed E-state index contributed by atoms with van der Waals surface area (Å²) in [5.41, 5.74) is 2.61. The number of rotatable bonds is 3. The summed E-state index contributed by atoms with van der Waals surface area (Å²) in [6.45, 7) is 5.67. The first-order valence-corrected chi connectivity index (χ1v) is 5.99. The van der Waals surface area contributed by atoms with Crippen LogP contribution in [0.15, 0.2) is 12.1 Å². The van der Waals surface area contributed by atoms with Crippen LogP contribution in [0.1, 0.15) is 47.9 Å². The van der Waals surface area contributed by atoms with Gasteiger partial charge in [-0.3, -0.25) is 9.59 Å². The summed E-state index contributed by atoms with van der Waals surface area (Å²) in [4.78, 5) is 24.2. The summed E-state index contributed by atoms with van der Waals surface area (Å²) in [5.74, 6) is -1.90. The minimum absolute atomic E-state index is 0.0831. The van der Waals surface area contributed by atoms with Crippen LogP contribution in [0.2, 0.25) is 0 Å². The molecule has 6 nitrogen and oxygen atoms in total. The van der Waals surface area contributed by atoms with Crippen molar-refractivity contribution in [2.24, 2.45) is 0 Å². The Bertz CT molecular complexity index is 525. The fourth-order valence-corrected chi connectivity index (χ4v) is 1.75. The third kappa shape index (κ3) is 2.15. The number of hydrogen-bond donors (Lipinski definition) is 3. The van der Waals surface area contributed by atoms with Crippen LogP contribution in [-0.4, -0.2) is 32.6 Å². The van der Waals surface area contributed by atoms with Gasteiger partial charge in [0, 0.05) is 5.54 Å². The average Bonchev–Trinajstić information content (AvgIpc) is 2.56. The van der Waals surface area contributed by atoms with Gasteiger partial charge in [0.1, 0.15) is 0 Å². The molecule has 1 heterocycles. The number of imide groups is 1. The van der Waals surface area contributed by atoms with Gasteiger partial charge in [-0.05, 0) is 32.4 Å². The van der Waals surface area contributed by atoms with Crippen LogP contribution in [0.25, 0.3) is 0 Å². The van der Waals surface area contributed by atoms with Gasteiger partial charge in [0.15, 0.2) is 11.5 Å². The van der Waals surface area contributed by atoms with Crippen LogP contribution < -0.4 is 5.43 Å². The smallest absolute Gasteiger partial charge is 0.276 e. The molecule has 1 aromatic rings. The molecule has 0 spiro atoms. The highest BCUT2D eigenvalue weighted by Crippen LogP contribution is 2.33. The third-order valence-corrected chi connectivity index (χ3v) is 3.28. The normalized spacial score (nSPS) is 15.0. The molecule has 6 heteroatoms. The Balaban J connectivity index is 2.39. The van der Waals surface area contributed by atoms with Gasteiger partial charge < -0.3 is 10.2 Å². The van der Waals surface area contributed by atoms with Gasteiger partial charge in [-0.15, -0.1) is 0 Å². The van der Waals surface area contributed by atoms with E-state index in [1.807, 2.05) is 20.8 Å². The number of amides is 2. The van der Waals surface area contributed by atoms with Gasteiger partial charge >= 0.3 is 0 Å². The molecule has 2 rings (SSSR count). The first kappa shape index (κ1) is 13.4. The maximum Gasteiger partial charge on any atom is 0.276 e. The van der Waals surface area contributed by atoms with E-state index in [0.717, 1.165) is 23.6 Å². The van der Waals surface area contributed by atoms with Crippen LogP contribution in [0.3, 0.4) is 0 Å². The van der Waals surface area contributed by atoms with Crippen LogP contribution in [0.5, 0.6) is 11.5 Å². The molecule has 19 heavy (non-hydrogen) atoms. The fourth-order valence-electron chi connectivity index (χ4n) is 1.75. The number of carbonyl (C=O) groups is 2. The first-order valence-electron chi connectivity index (χ1n) is 5.99. The largest absolute Gasteiger partial charge is 0.504 e. The molecule has 2 amide bonds. The Morgan fingerprint density at radius 1 is 1.11 bits per heavy atom. The summed E-state index contributed by atoms with van der Waals surface area (Å²) in [7, 11) is 0. The quantitative estimate of drug-likeness (QED) is 0.567. The summed E-state index contributed by atoms with van der Waals surface area (Å²) in [6, 6.07) is 2.21. The van der Waals surface area contributed by atoms with Crippen molar-refractivity contribution < 1.29 is 19.8 Å². The fraction of sp³-hybridized carbons (Fsp3) is 0.385. The van der Waals surface area contributed by atoms with Gasteiger partial charge in [-0.25, -0.2) is 10.4 Å². The van der Waals surface area contributed by atoms with Crippen LogP contribution in [0, 0.1) is 0 Å². The zero-order valence-electron chi connectivity index (χ0n) is 11.0. The maximum absolute atomic E-state index is 12.1. The molecule has 1 aromatic carbocycles. The highest BCUT2D eigenvalue weighted by molar-refractivity contribution is 6.21. The van der Waals surface area contributed by atoms with Crippen molar-refractivity contribution >= 4 is 11.8 Å². The van der Waals surface area contributed by atoms with Crippen LogP contribution in [0.4, 0.5) is 0 Å². The zero-order chi connectivity index (χ0) is 14.4. The van der Waals surface area contributed by atoms with E-state index in [0.29, 0.717) is 0 Å². The zero-order valence-corrected chi connectivity index (χ0v) is 11.0. The van der Waals surface area contributed by atoms with Gasteiger partial charge in [-0.1, -0.05) is 6.92 Å². The molecule has 1 aliphatic rings. The monoisotopic (exact) mass is 264 g/mol. The van der Waals surface area contributed by atoms with Crippen molar-refractivity contribution in [3.63, 3.8) is 0 Å². The van der Waals surface area contributed by atoms with Crippen molar-refractivity contribution in [1.82, 2.24) is 10.4 Å². The van der Waals surface area contributed by atoms with Crippen molar-refractivity contribution in [2.75, 3.05) is 0 Å². The number of carbonyl (C=O) groups excluding carboxylic acids is 2. The Morgan fingerprint density at radius 2 is 1.53 bits per heavy atom. The van der Waals surface area contributed by atoms with Crippen molar-refractivity contribution in [1.29, 1.82) is 0 Å². The summed E-state index contributed by atoms with van der Waals surface area (Å²) >= 11 is 0. The van der Waals surface area contributed by atoms with E-state index in [4.69, 9.17) is 0 Å². The molecule has 0 fully saturated rings. The topological polar surface area (TPSA) is 89.9 Å². The highest BCUT2D eigenvalue weighted by Gasteiger charge is 2.39. The summed E-state index contributed by atoms with van der Waals surface area (Å²) in [6.07, 6.45) is 0.719. The Hall–Kier alpha value is -2.08. The second kappa shape index (κ2) is 4.24. The minimum Gasteiger partial charge on any atom is -0.504 e. The second-order valence-corrected chi connectivity index (χ2v) is 5.18. The van der Waals surface area contributed by atoms with Crippen LogP contribution in [-0.2, 0) is 0 Å². The van der Waals surface area contributed by atoms with Gasteiger partial charge in [0.25, 0.3) is 11.8 Å². The molecule has 0 saturated carbocycles. The van der Waals surface area contributed by atoms with E-state index < -0.39 is 28.9 Å². The van der Waals surface area contributed by atoms with E-state index in [2.05, 4.69) is 5.43 Å². The molecular formula is C13H16N2O4. The lowest BCUT2D eigenvalue weighted by molar-refractivity contribution is 0.0477. The molecule has 0 aliphatic carbocycles.